The van der Waals surface area contributed by atoms with E-state index >= 15 is 0 Å². The number of halogens is 2. The van der Waals surface area contributed by atoms with Crippen molar-refractivity contribution >= 4 is 34.3 Å². The summed E-state index contributed by atoms with van der Waals surface area (Å²) in [6.07, 6.45) is 0. The maximum atomic E-state index is 6.21. The molecule has 3 nitrogen and oxygen atoms in total. The number of fused-ring (bicyclic) bond motifs is 1. The Balaban J connectivity index is 1.94. The lowest BCUT2D eigenvalue weighted by molar-refractivity contribution is 0.198. The molecule has 0 radical (unpaired) electrons. The van der Waals surface area contributed by atoms with Gasteiger partial charge in [-0.05, 0) is 35.7 Å². The van der Waals surface area contributed by atoms with Crippen LogP contribution in [0, 0.1) is 5.41 Å². The first-order valence-electron chi connectivity index (χ1n) is 7.31. The molecule has 0 aliphatic carbocycles. The summed E-state index contributed by atoms with van der Waals surface area (Å²) in [5.41, 5.74) is 2.17. The quantitative estimate of drug-likeness (QED) is 0.562. The van der Waals surface area contributed by atoms with Crippen LogP contribution in [0.3, 0.4) is 0 Å². The average Bonchev–Trinajstić information content (AvgIpc) is 2.89. The number of oxazole rings is 1. The second-order valence-corrected chi connectivity index (χ2v) is 7.47. The van der Waals surface area contributed by atoms with Gasteiger partial charge in [0, 0.05) is 11.1 Å². The summed E-state index contributed by atoms with van der Waals surface area (Å²) in [7, 11) is 0. The van der Waals surface area contributed by atoms with Gasteiger partial charge in [0.05, 0.1) is 17.2 Å². The molecule has 1 aromatic heterocycles. The van der Waals surface area contributed by atoms with Crippen LogP contribution in [0.4, 0.5) is 0 Å². The van der Waals surface area contributed by atoms with E-state index in [0.29, 0.717) is 33.7 Å². The van der Waals surface area contributed by atoms with Crippen molar-refractivity contribution in [3.05, 3.63) is 46.4 Å². The summed E-state index contributed by atoms with van der Waals surface area (Å²) in [6.45, 7) is 7.00. The molecular formula is C18H17Cl2NO2. The number of aromatic nitrogens is 1. The van der Waals surface area contributed by atoms with Crippen molar-refractivity contribution < 1.29 is 9.15 Å². The van der Waals surface area contributed by atoms with Crippen molar-refractivity contribution in [1.82, 2.24) is 4.98 Å². The predicted molar refractivity (Wildman–Crippen MR) is 94.4 cm³/mol. The van der Waals surface area contributed by atoms with Crippen LogP contribution in [0.2, 0.25) is 10.0 Å². The van der Waals surface area contributed by atoms with E-state index in [-0.39, 0.29) is 5.41 Å². The van der Waals surface area contributed by atoms with Crippen LogP contribution in [0.25, 0.3) is 22.6 Å². The number of benzene rings is 2. The maximum Gasteiger partial charge on any atom is 0.228 e. The van der Waals surface area contributed by atoms with Gasteiger partial charge in [0.15, 0.2) is 5.58 Å². The van der Waals surface area contributed by atoms with Gasteiger partial charge in [0.2, 0.25) is 5.89 Å². The Morgan fingerprint density at radius 3 is 2.61 bits per heavy atom. The zero-order chi connectivity index (χ0) is 16.6. The van der Waals surface area contributed by atoms with Gasteiger partial charge in [-0.1, -0.05) is 44.0 Å². The van der Waals surface area contributed by atoms with Crippen molar-refractivity contribution in [2.75, 3.05) is 6.61 Å². The third-order valence-corrected chi connectivity index (χ3v) is 3.76. The van der Waals surface area contributed by atoms with Crippen LogP contribution < -0.4 is 4.74 Å². The number of ether oxygens (including phenoxy) is 1. The number of hydrogen-bond acceptors (Lipinski definition) is 3. The van der Waals surface area contributed by atoms with Crippen molar-refractivity contribution in [2.24, 2.45) is 5.41 Å². The van der Waals surface area contributed by atoms with E-state index in [4.69, 9.17) is 32.4 Å². The number of rotatable bonds is 3. The van der Waals surface area contributed by atoms with Crippen LogP contribution in [0.5, 0.6) is 5.75 Å². The largest absolute Gasteiger partial charge is 0.493 e. The molecule has 0 amide bonds. The van der Waals surface area contributed by atoms with Gasteiger partial charge in [0.1, 0.15) is 11.3 Å². The SMILES string of the molecule is CC(C)(C)COc1ccc2nc(-c3cc(Cl)ccc3Cl)oc2c1. The Labute approximate surface area is 145 Å². The summed E-state index contributed by atoms with van der Waals surface area (Å²) in [5.74, 6) is 1.20. The molecular weight excluding hydrogens is 333 g/mol. The van der Waals surface area contributed by atoms with Gasteiger partial charge < -0.3 is 9.15 Å². The highest BCUT2D eigenvalue weighted by molar-refractivity contribution is 6.35. The van der Waals surface area contributed by atoms with Crippen molar-refractivity contribution in [3.63, 3.8) is 0 Å². The Hall–Kier alpha value is -1.71. The molecule has 0 spiro atoms. The van der Waals surface area contributed by atoms with Crippen LogP contribution in [-0.4, -0.2) is 11.6 Å². The van der Waals surface area contributed by atoms with Gasteiger partial charge in [0.25, 0.3) is 0 Å². The van der Waals surface area contributed by atoms with Gasteiger partial charge >= 0.3 is 0 Å². The molecule has 0 unspecified atom stereocenters. The average molecular weight is 350 g/mol. The van der Waals surface area contributed by atoms with Crippen LogP contribution in [0.1, 0.15) is 20.8 Å². The smallest absolute Gasteiger partial charge is 0.228 e. The highest BCUT2D eigenvalue weighted by atomic mass is 35.5. The first kappa shape index (κ1) is 16.2. The van der Waals surface area contributed by atoms with Crippen LogP contribution in [-0.2, 0) is 0 Å². The lowest BCUT2D eigenvalue weighted by Crippen LogP contribution is -2.16. The van der Waals surface area contributed by atoms with Crippen molar-refractivity contribution in [3.8, 4) is 17.2 Å². The minimum absolute atomic E-state index is 0.0931. The second kappa shape index (κ2) is 6.06. The predicted octanol–water partition coefficient (Wildman–Crippen LogP) is 6.23. The molecule has 0 fully saturated rings. The Bertz CT molecular complexity index is 850. The van der Waals surface area contributed by atoms with Crippen molar-refractivity contribution in [2.45, 2.75) is 20.8 Å². The fourth-order valence-corrected chi connectivity index (χ4v) is 2.44. The molecule has 0 atom stereocenters. The lowest BCUT2D eigenvalue weighted by Gasteiger charge is -2.18. The molecule has 3 rings (SSSR count). The van der Waals surface area contributed by atoms with Crippen LogP contribution in [0.15, 0.2) is 40.8 Å². The fourth-order valence-electron chi connectivity index (χ4n) is 2.07. The molecule has 23 heavy (non-hydrogen) atoms. The summed E-state index contributed by atoms with van der Waals surface area (Å²) < 4.78 is 11.6. The summed E-state index contributed by atoms with van der Waals surface area (Å²) >= 11 is 12.2. The molecule has 0 saturated heterocycles. The van der Waals surface area contributed by atoms with Gasteiger partial charge in [-0.15, -0.1) is 0 Å². The molecule has 0 saturated carbocycles. The highest BCUT2D eigenvalue weighted by Gasteiger charge is 2.14. The van der Waals surface area contributed by atoms with Gasteiger partial charge in [-0.2, -0.15) is 0 Å². The molecule has 3 aromatic rings. The topological polar surface area (TPSA) is 35.3 Å². The van der Waals surface area contributed by atoms with E-state index in [1.807, 2.05) is 18.2 Å². The maximum absolute atomic E-state index is 6.21. The minimum atomic E-state index is 0.0931. The minimum Gasteiger partial charge on any atom is -0.493 e. The molecule has 0 bridgehead atoms. The first-order valence-corrected chi connectivity index (χ1v) is 8.06. The molecule has 120 valence electrons. The third kappa shape index (κ3) is 3.80. The van der Waals surface area contributed by atoms with Gasteiger partial charge in [-0.25, -0.2) is 4.98 Å². The molecule has 5 heteroatoms. The van der Waals surface area contributed by atoms with E-state index in [0.717, 1.165) is 11.3 Å². The third-order valence-electron chi connectivity index (χ3n) is 3.19. The van der Waals surface area contributed by atoms with Crippen molar-refractivity contribution in [1.29, 1.82) is 0 Å². The van der Waals surface area contributed by atoms with E-state index in [9.17, 15) is 0 Å². The zero-order valence-corrected chi connectivity index (χ0v) is 14.7. The Kier molecular flexibility index (Phi) is 4.26. The van der Waals surface area contributed by atoms with E-state index in [2.05, 4.69) is 25.8 Å². The Morgan fingerprint density at radius 1 is 1.09 bits per heavy atom. The van der Waals surface area contributed by atoms with E-state index in [1.165, 1.54) is 0 Å². The zero-order valence-electron chi connectivity index (χ0n) is 13.2. The fraction of sp³-hybridized carbons (Fsp3) is 0.278. The van der Waals surface area contributed by atoms with E-state index in [1.54, 1.807) is 18.2 Å². The second-order valence-electron chi connectivity index (χ2n) is 6.62. The normalized spacial score (nSPS) is 11.9. The molecule has 0 aliphatic rings. The summed E-state index contributed by atoms with van der Waals surface area (Å²) in [4.78, 5) is 4.47. The number of nitrogens with zero attached hydrogens (tertiary/aromatic N) is 1. The van der Waals surface area contributed by atoms with E-state index < -0.39 is 0 Å². The molecule has 0 N–H and O–H groups in total. The van der Waals surface area contributed by atoms with Gasteiger partial charge in [-0.3, -0.25) is 0 Å². The lowest BCUT2D eigenvalue weighted by atomic mass is 9.99. The summed E-state index contributed by atoms with van der Waals surface area (Å²) in [6, 6.07) is 10.8. The molecule has 0 aliphatic heterocycles. The molecule has 2 aromatic carbocycles. The highest BCUT2D eigenvalue weighted by Crippen LogP contribution is 2.33. The van der Waals surface area contributed by atoms with Crippen LogP contribution >= 0.6 is 23.2 Å². The standard InChI is InChI=1S/C18H17Cl2NO2/c1-18(2,3)10-22-12-5-7-15-16(9-12)23-17(21-15)13-8-11(19)4-6-14(13)20/h4-9H,10H2,1-3H3. The number of hydrogen-bond donors (Lipinski definition) is 0. The Morgan fingerprint density at radius 2 is 1.87 bits per heavy atom. The molecule has 1 heterocycles. The summed E-state index contributed by atoms with van der Waals surface area (Å²) in [5, 5.41) is 1.13. The first-order chi connectivity index (χ1) is 10.8. The monoisotopic (exact) mass is 349 g/mol.